The molecule has 3 heterocycles. The molecule has 1 aromatic carbocycles. The Morgan fingerprint density at radius 2 is 1.67 bits per heavy atom. The van der Waals surface area contributed by atoms with Crippen LogP contribution in [-0.4, -0.2) is 20.2 Å². The summed E-state index contributed by atoms with van der Waals surface area (Å²) in [5.41, 5.74) is 2.62. The number of oxazole rings is 1. The van der Waals surface area contributed by atoms with Crippen LogP contribution < -0.4 is 0 Å². The average molecular weight is 336 g/mol. The standard InChI is InChI=1S/C17H12N4O2S/c1-2-4-12(5-3-1)15-19-14(10-22-15)11-24-17-21-20-16(23-17)13-6-8-18-9-7-13/h1-10H,11H2. The summed E-state index contributed by atoms with van der Waals surface area (Å²) in [6.07, 6.45) is 5.02. The molecule has 3 aromatic heterocycles. The van der Waals surface area contributed by atoms with Gasteiger partial charge in [-0.3, -0.25) is 4.98 Å². The molecule has 6 nitrogen and oxygen atoms in total. The van der Waals surface area contributed by atoms with Gasteiger partial charge < -0.3 is 8.83 Å². The molecule has 0 unspecified atom stereocenters. The minimum absolute atomic E-state index is 0.477. The number of aromatic nitrogens is 4. The fourth-order valence-corrected chi connectivity index (χ4v) is 2.74. The molecule has 4 rings (SSSR count). The molecule has 7 heteroatoms. The molecule has 0 radical (unpaired) electrons. The Balaban J connectivity index is 1.43. The maximum atomic E-state index is 5.64. The van der Waals surface area contributed by atoms with Crippen LogP contribution >= 0.6 is 11.8 Å². The second-order valence-electron chi connectivity index (χ2n) is 4.91. The largest absolute Gasteiger partial charge is 0.444 e. The first-order valence-corrected chi connectivity index (χ1v) is 8.23. The summed E-state index contributed by atoms with van der Waals surface area (Å²) < 4.78 is 11.2. The van der Waals surface area contributed by atoms with Gasteiger partial charge in [-0.15, -0.1) is 10.2 Å². The maximum Gasteiger partial charge on any atom is 0.277 e. The predicted molar refractivity (Wildman–Crippen MR) is 89.0 cm³/mol. The van der Waals surface area contributed by atoms with E-state index in [1.807, 2.05) is 42.5 Å². The van der Waals surface area contributed by atoms with E-state index >= 15 is 0 Å². The first kappa shape index (κ1) is 14.6. The molecule has 0 aliphatic heterocycles. The third-order valence-corrected chi connectivity index (χ3v) is 4.10. The third-order valence-electron chi connectivity index (χ3n) is 3.25. The number of pyridine rings is 1. The lowest BCUT2D eigenvalue weighted by molar-refractivity contribution is 0.465. The number of hydrogen-bond acceptors (Lipinski definition) is 7. The normalized spacial score (nSPS) is 10.8. The van der Waals surface area contributed by atoms with Crippen molar-refractivity contribution in [1.82, 2.24) is 20.2 Å². The quantitative estimate of drug-likeness (QED) is 0.508. The zero-order valence-electron chi connectivity index (χ0n) is 12.5. The monoisotopic (exact) mass is 336 g/mol. The number of hydrogen-bond donors (Lipinski definition) is 0. The highest BCUT2D eigenvalue weighted by atomic mass is 32.2. The molecule has 118 valence electrons. The van der Waals surface area contributed by atoms with Crippen LogP contribution in [0.15, 0.2) is 75.2 Å². The van der Waals surface area contributed by atoms with Gasteiger partial charge in [0.25, 0.3) is 5.22 Å². The summed E-state index contributed by atoms with van der Waals surface area (Å²) in [6, 6.07) is 13.4. The van der Waals surface area contributed by atoms with Crippen LogP contribution in [0.5, 0.6) is 0 Å². The van der Waals surface area contributed by atoms with Crippen molar-refractivity contribution in [3.8, 4) is 22.9 Å². The molecule has 0 atom stereocenters. The Labute approximate surface area is 142 Å². The van der Waals surface area contributed by atoms with Gasteiger partial charge in [0.05, 0.1) is 5.69 Å². The summed E-state index contributed by atoms with van der Waals surface area (Å²) in [6.45, 7) is 0. The zero-order valence-corrected chi connectivity index (χ0v) is 13.3. The number of rotatable bonds is 5. The lowest BCUT2D eigenvalue weighted by Crippen LogP contribution is -1.82. The maximum absolute atomic E-state index is 5.64. The molecule has 0 fully saturated rings. The van der Waals surface area contributed by atoms with Crippen LogP contribution in [0.2, 0.25) is 0 Å². The van der Waals surface area contributed by atoms with Crippen molar-refractivity contribution in [3.05, 3.63) is 66.8 Å². The predicted octanol–water partition coefficient (Wildman–Crippen LogP) is 4.08. The molecule has 0 aliphatic rings. The van der Waals surface area contributed by atoms with Gasteiger partial charge in [-0.25, -0.2) is 4.98 Å². The molecule has 0 N–H and O–H groups in total. The fraction of sp³-hybridized carbons (Fsp3) is 0.0588. The van der Waals surface area contributed by atoms with Gasteiger partial charge >= 0.3 is 0 Å². The van der Waals surface area contributed by atoms with Gasteiger partial charge in [0.15, 0.2) is 0 Å². The lowest BCUT2D eigenvalue weighted by atomic mass is 10.2. The van der Waals surface area contributed by atoms with E-state index in [-0.39, 0.29) is 0 Å². The van der Waals surface area contributed by atoms with Crippen LogP contribution in [0, 0.1) is 0 Å². The fourth-order valence-electron chi connectivity index (χ4n) is 2.10. The summed E-state index contributed by atoms with van der Waals surface area (Å²) in [5.74, 6) is 1.67. The van der Waals surface area contributed by atoms with Crippen molar-refractivity contribution in [3.63, 3.8) is 0 Å². The summed E-state index contributed by atoms with van der Waals surface area (Å²) >= 11 is 1.42. The van der Waals surface area contributed by atoms with E-state index in [0.717, 1.165) is 16.8 Å². The average Bonchev–Trinajstić information content (AvgIpc) is 3.31. The van der Waals surface area contributed by atoms with E-state index in [1.165, 1.54) is 11.8 Å². The molecule has 0 saturated carbocycles. The van der Waals surface area contributed by atoms with Crippen molar-refractivity contribution in [2.45, 2.75) is 11.0 Å². The minimum Gasteiger partial charge on any atom is -0.444 e. The van der Waals surface area contributed by atoms with Gasteiger partial charge in [0.1, 0.15) is 6.26 Å². The SMILES string of the molecule is c1ccc(-c2nc(CSc3nnc(-c4ccncc4)o3)co2)cc1. The molecule has 24 heavy (non-hydrogen) atoms. The molecular formula is C17H12N4O2S. The Bertz CT molecular complexity index is 844. The van der Waals surface area contributed by atoms with Crippen molar-refractivity contribution in [2.24, 2.45) is 0 Å². The second-order valence-corrected chi connectivity index (χ2v) is 5.83. The lowest BCUT2D eigenvalue weighted by Gasteiger charge is -1.93. The van der Waals surface area contributed by atoms with Gasteiger partial charge in [0.2, 0.25) is 11.8 Å². The first-order valence-electron chi connectivity index (χ1n) is 7.25. The highest BCUT2D eigenvalue weighted by molar-refractivity contribution is 7.98. The van der Waals surface area contributed by atoms with Crippen molar-refractivity contribution in [2.75, 3.05) is 0 Å². The molecular weight excluding hydrogens is 324 g/mol. The second kappa shape index (κ2) is 6.67. The van der Waals surface area contributed by atoms with Gasteiger partial charge in [0, 0.05) is 29.3 Å². The molecule has 4 aromatic rings. The number of benzene rings is 1. The van der Waals surface area contributed by atoms with Crippen molar-refractivity contribution >= 4 is 11.8 Å². The molecule has 0 amide bonds. The topological polar surface area (TPSA) is 77.8 Å². The van der Waals surface area contributed by atoms with Gasteiger partial charge in [-0.1, -0.05) is 30.0 Å². The summed E-state index contributed by atoms with van der Waals surface area (Å²) in [7, 11) is 0. The van der Waals surface area contributed by atoms with E-state index in [4.69, 9.17) is 8.83 Å². The van der Waals surface area contributed by atoms with E-state index in [2.05, 4.69) is 20.2 Å². The third kappa shape index (κ3) is 3.21. The molecule has 0 aliphatic carbocycles. The Morgan fingerprint density at radius 3 is 2.50 bits per heavy atom. The van der Waals surface area contributed by atoms with Gasteiger partial charge in [-0.05, 0) is 24.3 Å². The molecule has 0 saturated heterocycles. The Morgan fingerprint density at radius 1 is 0.875 bits per heavy atom. The molecule has 0 bridgehead atoms. The highest BCUT2D eigenvalue weighted by Crippen LogP contribution is 2.26. The van der Waals surface area contributed by atoms with Crippen LogP contribution in [0.3, 0.4) is 0 Å². The van der Waals surface area contributed by atoms with Crippen LogP contribution in [0.25, 0.3) is 22.9 Å². The smallest absolute Gasteiger partial charge is 0.277 e. The van der Waals surface area contributed by atoms with E-state index < -0.39 is 0 Å². The van der Waals surface area contributed by atoms with Crippen molar-refractivity contribution < 1.29 is 8.83 Å². The zero-order chi connectivity index (χ0) is 16.2. The Hall–Kier alpha value is -2.93. The summed E-state index contributed by atoms with van der Waals surface area (Å²) in [5, 5.41) is 8.57. The summed E-state index contributed by atoms with van der Waals surface area (Å²) in [4.78, 5) is 8.44. The van der Waals surface area contributed by atoms with Crippen LogP contribution in [0.4, 0.5) is 0 Å². The van der Waals surface area contributed by atoms with Crippen LogP contribution in [-0.2, 0) is 5.75 Å². The first-order chi connectivity index (χ1) is 11.9. The van der Waals surface area contributed by atoms with Crippen LogP contribution in [0.1, 0.15) is 5.69 Å². The molecule has 0 spiro atoms. The van der Waals surface area contributed by atoms with E-state index in [9.17, 15) is 0 Å². The number of nitrogens with zero attached hydrogens (tertiary/aromatic N) is 4. The Kier molecular flexibility index (Phi) is 4.07. The van der Waals surface area contributed by atoms with Crippen molar-refractivity contribution in [1.29, 1.82) is 0 Å². The minimum atomic E-state index is 0.477. The number of thioether (sulfide) groups is 1. The van der Waals surface area contributed by atoms with Gasteiger partial charge in [-0.2, -0.15) is 0 Å². The van der Waals surface area contributed by atoms with E-state index in [0.29, 0.717) is 22.8 Å². The van der Waals surface area contributed by atoms with E-state index in [1.54, 1.807) is 18.7 Å². The highest BCUT2D eigenvalue weighted by Gasteiger charge is 2.11.